The highest BCUT2D eigenvalue weighted by molar-refractivity contribution is 7.99. The van der Waals surface area contributed by atoms with Crippen molar-refractivity contribution in [3.63, 3.8) is 0 Å². The average Bonchev–Trinajstić information content (AvgIpc) is 2.84. The summed E-state index contributed by atoms with van der Waals surface area (Å²) in [5.74, 6) is 0. The van der Waals surface area contributed by atoms with Crippen molar-refractivity contribution < 1.29 is 4.42 Å². The van der Waals surface area contributed by atoms with Crippen molar-refractivity contribution in [3.8, 4) is 0 Å². The molecule has 2 aromatic rings. The summed E-state index contributed by atoms with van der Waals surface area (Å²) in [6.45, 7) is 4.61. The Labute approximate surface area is 103 Å². The van der Waals surface area contributed by atoms with Gasteiger partial charge in [-0.2, -0.15) is 0 Å². The molecule has 3 nitrogen and oxygen atoms in total. The van der Waals surface area contributed by atoms with Gasteiger partial charge in [-0.25, -0.2) is 4.98 Å². The van der Waals surface area contributed by atoms with E-state index in [1.807, 2.05) is 6.92 Å². The number of hydrogen-bond donors (Lipinski definition) is 1. The first kappa shape index (κ1) is 11.7. The van der Waals surface area contributed by atoms with Crippen molar-refractivity contribution in [3.05, 3.63) is 33.8 Å². The Morgan fingerprint density at radius 2 is 2.31 bits per heavy atom. The van der Waals surface area contributed by atoms with Crippen LogP contribution in [0.15, 0.2) is 28.0 Å². The number of hydrogen-bond acceptors (Lipinski definition) is 5. The van der Waals surface area contributed by atoms with E-state index in [-0.39, 0.29) is 5.25 Å². The number of nitrogens with two attached hydrogens (primary N) is 1. The maximum atomic E-state index is 5.79. The lowest BCUT2D eigenvalue weighted by atomic mass is 10.3. The van der Waals surface area contributed by atoms with Crippen molar-refractivity contribution in [1.29, 1.82) is 0 Å². The summed E-state index contributed by atoms with van der Waals surface area (Å²) in [4.78, 5) is 6.86. The van der Waals surface area contributed by atoms with Crippen LogP contribution in [0.3, 0.4) is 0 Å². The van der Waals surface area contributed by atoms with E-state index in [1.54, 1.807) is 29.4 Å². The molecule has 0 saturated carbocycles. The van der Waals surface area contributed by atoms with Crippen LogP contribution in [0, 0.1) is 13.8 Å². The second-order valence-electron chi connectivity index (χ2n) is 3.55. The van der Waals surface area contributed by atoms with Gasteiger partial charge in [-0.15, -0.1) is 11.3 Å². The molecular formula is C11H14N2OS2. The second kappa shape index (κ2) is 5.03. The zero-order valence-corrected chi connectivity index (χ0v) is 10.9. The summed E-state index contributed by atoms with van der Waals surface area (Å²) in [5, 5.41) is 0.927. The predicted octanol–water partition coefficient (Wildman–Crippen LogP) is 3.15. The van der Waals surface area contributed by atoms with E-state index in [9.17, 15) is 0 Å². The molecule has 0 aliphatic carbocycles. The molecule has 0 amide bonds. The molecular weight excluding hydrogens is 240 g/mol. The van der Waals surface area contributed by atoms with Gasteiger partial charge in [0.25, 0.3) is 5.22 Å². The molecule has 2 heterocycles. The molecule has 0 aliphatic heterocycles. The lowest BCUT2D eigenvalue weighted by Gasteiger charge is -2.09. The van der Waals surface area contributed by atoms with Gasteiger partial charge in [0.1, 0.15) is 6.26 Å². The highest BCUT2D eigenvalue weighted by atomic mass is 32.2. The minimum atomic E-state index is 0.233. The van der Waals surface area contributed by atoms with E-state index < -0.39 is 0 Å². The Balaban J connectivity index is 2.12. The Morgan fingerprint density at radius 3 is 2.81 bits per heavy atom. The third-order valence-electron chi connectivity index (χ3n) is 2.13. The van der Waals surface area contributed by atoms with E-state index in [1.165, 1.54) is 9.75 Å². The molecule has 0 spiro atoms. The molecule has 0 aromatic carbocycles. The highest BCUT2D eigenvalue weighted by Crippen LogP contribution is 2.37. The van der Waals surface area contributed by atoms with Crippen LogP contribution >= 0.6 is 23.1 Å². The normalized spacial score (nSPS) is 12.9. The summed E-state index contributed by atoms with van der Waals surface area (Å²) in [7, 11) is 0. The summed E-state index contributed by atoms with van der Waals surface area (Å²) in [5.41, 5.74) is 6.69. The van der Waals surface area contributed by atoms with Gasteiger partial charge in [-0.1, -0.05) is 11.8 Å². The maximum absolute atomic E-state index is 5.79. The molecule has 0 aliphatic rings. The molecule has 86 valence electrons. The fraction of sp³-hybridized carbons (Fsp3) is 0.364. The zero-order chi connectivity index (χ0) is 11.5. The number of oxazole rings is 1. The minimum Gasteiger partial charge on any atom is -0.440 e. The van der Waals surface area contributed by atoms with Gasteiger partial charge in [0, 0.05) is 16.3 Å². The topological polar surface area (TPSA) is 52.0 Å². The number of rotatable bonds is 4. The van der Waals surface area contributed by atoms with Crippen molar-refractivity contribution in [2.75, 3.05) is 6.54 Å². The Morgan fingerprint density at radius 1 is 1.50 bits per heavy atom. The maximum Gasteiger partial charge on any atom is 0.256 e. The number of aromatic nitrogens is 1. The van der Waals surface area contributed by atoms with Crippen molar-refractivity contribution in [1.82, 2.24) is 4.98 Å². The third kappa shape index (κ3) is 2.66. The van der Waals surface area contributed by atoms with Crippen LogP contribution in [0.1, 0.15) is 20.7 Å². The molecule has 2 aromatic heterocycles. The first-order chi connectivity index (χ1) is 7.69. The van der Waals surface area contributed by atoms with Gasteiger partial charge in [0.15, 0.2) is 0 Å². The lowest BCUT2D eigenvalue weighted by molar-refractivity contribution is 0.453. The molecule has 2 N–H and O–H groups in total. The smallest absolute Gasteiger partial charge is 0.256 e. The first-order valence-corrected chi connectivity index (χ1v) is 6.74. The molecule has 0 radical (unpaired) electrons. The Bertz CT molecular complexity index is 464. The molecule has 1 unspecified atom stereocenters. The van der Waals surface area contributed by atoms with E-state index in [0.717, 1.165) is 5.69 Å². The van der Waals surface area contributed by atoms with Crippen LogP contribution in [-0.4, -0.2) is 11.5 Å². The van der Waals surface area contributed by atoms with Gasteiger partial charge in [-0.05, 0) is 26.0 Å². The summed E-state index contributed by atoms with van der Waals surface area (Å²) in [6.07, 6.45) is 1.66. The summed E-state index contributed by atoms with van der Waals surface area (Å²) < 4.78 is 5.33. The van der Waals surface area contributed by atoms with Crippen LogP contribution < -0.4 is 5.73 Å². The average molecular weight is 254 g/mol. The second-order valence-corrected chi connectivity index (χ2v) is 6.02. The largest absolute Gasteiger partial charge is 0.440 e. The predicted molar refractivity (Wildman–Crippen MR) is 67.9 cm³/mol. The Hall–Kier alpha value is -0.780. The first-order valence-electron chi connectivity index (χ1n) is 5.04. The monoisotopic (exact) mass is 254 g/mol. The third-order valence-corrected chi connectivity index (χ3v) is 4.52. The highest BCUT2D eigenvalue weighted by Gasteiger charge is 2.16. The van der Waals surface area contributed by atoms with Crippen LogP contribution in [0.4, 0.5) is 0 Å². The van der Waals surface area contributed by atoms with E-state index in [2.05, 4.69) is 24.0 Å². The van der Waals surface area contributed by atoms with Gasteiger partial charge in [-0.3, -0.25) is 0 Å². The number of thioether (sulfide) groups is 1. The number of aryl methyl sites for hydroxylation is 2. The van der Waals surface area contributed by atoms with Gasteiger partial charge in [0.2, 0.25) is 0 Å². The molecule has 0 fully saturated rings. The Kier molecular flexibility index (Phi) is 3.68. The van der Waals surface area contributed by atoms with E-state index >= 15 is 0 Å². The summed E-state index contributed by atoms with van der Waals surface area (Å²) >= 11 is 3.36. The van der Waals surface area contributed by atoms with Gasteiger partial charge >= 0.3 is 0 Å². The molecule has 5 heteroatoms. The molecule has 2 rings (SSSR count). The van der Waals surface area contributed by atoms with E-state index in [4.69, 9.17) is 10.2 Å². The zero-order valence-electron chi connectivity index (χ0n) is 9.27. The lowest BCUT2D eigenvalue weighted by Crippen LogP contribution is -2.07. The van der Waals surface area contributed by atoms with Crippen molar-refractivity contribution >= 4 is 23.1 Å². The quantitative estimate of drug-likeness (QED) is 0.852. The molecule has 0 bridgehead atoms. The van der Waals surface area contributed by atoms with Crippen LogP contribution in [-0.2, 0) is 0 Å². The summed E-state index contributed by atoms with van der Waals surface area (Å²) in [6, 6.07) is 4.24. The van der Waals surface area contributed by atoms with Crippen LogP contribution in [0.25, 0.3) is 0 Å². The SMILES string of the molecule is Cc1coc(SC(CN)c2ccc(C)s2)n1. The van der Waals surface area contributed by atoms with Crippen molar-refractivity contribution in [2.24, 2.45) is 5.73 Å². The fourth-order valence-electron chi connectivity index (χ4n) is 1.36. The number of nitrogens with zero attached hydrogens (tertiary/aromatic N) is 1. The number of thiophene rings is 1. The van der Waals surface area contributed by atoms with E-state index in [0.29, 0.717) is 11.8 Å². The molecule has 16 heavy (non-hydrogen) atoms. The molecule has 1 atom stereocenters. The fourth-order valence-corrected chi connectivity index (χ4v) is 3.35. The van der Waals surface area contributed by atoms with Crippen LogP contribution in [0.2, 0.25) is 0 Å². The van der Waals surface area contributed by atoms with Crippen molar-refractivity contribution in [2.45, 2.75) is 24.3 Å². The van der Waals surface area contributed by atoms with Gasteiger partial charge in [0.05, 0.1) is 10.9 Å². The van der Waals surface area contributed by atoms with Gasteiger partial charge < -0.3 is 10.2 Å². The van der Waals surface area contributed by atoms with Crippen LogP contribution in [0.5, 0.6) is 0 Å². The minimum absolute atomic E-state index is 0.233. The standard InChI is InChI=1S/C11H14N2OS2/c1-7-6-14-11(13-7)16-10(5-12)9-4-3-8(2)15-9/h3-4,6,10H,5,12H2,1-2H3. The molecule has 0 saturated heterocycles.